The van der Waals surface area contributed by atoms with Crippen LogP contribution in [-0.2, 0) is 16.1 Å². The molecule has 1 amide bonds. The lowest BCUT2D eigenvalue weighted by Crippen LogP contribution is -3.00. The molecule has 0 radical (unpaired) electrons. The van der Waals surface area contributed by atoms with Crippen LogP contribution in [0.15, 0.2) is 73.1 Å². The molecule has 5 nitrogen and oxygen atoms in total. The molecule has 6 heteroatoms. The van der Waals surface area contributed by atoms with E-state index < -0.39 is 5.97 Å². The van der Waals surface area contributed by atoms with Crippen molar-refractivity contribution in [2.24, 2.45) is 0 Å². The van der Waals surface area contributed by atoms with Crippen molar-refractivity contribution in [2.75, 3.05) is 11.9 Å². The highest BCUT2D eigenvalue weighted by molar-refractivity contribution is 6.01. The zero-order valence-electron chi connectivity index (χ0n) is 16.4. The Hall–Kier alpha value is -2.99. The molecule has 2 aromatic carbocycles. The third kappa shape index (κ3) is 5.74. The van der Waals surface area contributed by atoms with Crippen LogP contribution in [0.3, 0.4) is 0 Å². The second kappa shape index (κ2) is 10.5. The summed E-state index contributed by atoms with van der Waals surface area (Å²) < 4.78 is 6.91. The zero-order valence-corrected chi connectivity index (χ0v) is 18.0. The van der Waals surface area contributed by atoms with E-state index in [9.17, 15) is 9.59 Å². The first-order chi connectivity index (χ1) is 13.6. The minimum atomic E-state index is -0.444. The number of anilines is 1. The number of ether oxygens (including phenoxy) is 1. The van der Waals surface area contributed by atoms with Crippen molar-refractivity contribution in [3.8, 4) is 11.1 Å². The fraction of sp³-hybridized carbons (Fsp3) is 0.174. The average Bonchev–Trinajstić information content (AvgIpc) is 2.70. The van der Waals surface area contributed by atoms with E-state index in [1.54, 1.807) is 19.1 Å². The Morgan fingerprint density at radius 1 is 0.966 bits per heavy atom. The van der Waals surface area contributed by atoms with Gasteiger partial charge in [-0.3, -0.25) is 4.79 Å². The van der Waals surface area contributed by atoms with E-state index in [1.165, 1.54) is 0 Å². The molecule has 0 aliphatic carbocycles. The Labute approximate surface area is 181 Å². The zero-order chi connectivity index (χ0) is 19.9. The molecule has 0 aliphatic heterocycles. The number of hydrogen-bond donors (Lipinski definition) is 1. The van der Waals surface area contributed by atoms with Gasteiger partial charge in [0.2, 0.25) is 6.54 Å². The van der Waals surface area contributed by atoms with Crippen LogP contribution in [0.5, 0.6) is 0 Å². The van der Waals surface area contributed by atoms with Crippen molar-refractivity contribution in [3.05, 3.63) is 84.2 Å². The molecule has 0 aliphatic rings. The van der Waals surface area contributed by atoms with Gasteiger partial charge in [-0.15, -0.1) is 0 Å². The lowest BCUT2D eigenvalue weighted by Gasteiger charge is -2.12. The summed E-state index contributed by atoms with van der Waals surface area (Å²) in [5.41, 5.74) is 3.77. The number of nitrogens with zero attached hydrogens (tertiary/aromatic N) is 1. The number of pyridine rings is 1. The Morgan fingerprint density at radius 2 is 1.69 bits per heavy atom. The van der Waals surface area contributed by atoms with Gasteiger partial charge in [0, 0.05) is 11.6 Å². The van der Waals surface area contributed by atoms with Crippen molar-refractivity contribution >= 4 is 17.6 Å². The summed E-state index contributed by atoms with van der Waals surface area (Å²) in [6.45, 7) is 4.02. The highest BCUT2D eigenvalue weighted by Gasteiger charge is 2.18. The number of hydrogen-bond acceptors (Lipinski definition) is 3. The average molecular weight is 455 g/mol. The molecule has 0 saturated carbocycles. The summed E-state index contributed by atoms with van der Waals surface area (Å²) >= 11 is 0. The van der Waals surface area contributed by atoms with Gasteiger partial charge in [0.1, 0.15) is 0 Å². The topological polar surface area (TPSA) is 59.3 Å². The molecule has 3 rings (SSSR count). The fourth-order valence-electron chi connectivity index (χ4n) is 2.98. The van der Waals surface area contributed by atoms with Crippen molar-refractivity contribution in [1.82, 2.24) is 0 Å². The van der Waals surface area contributed by atoms with E-state index in [1.807, 2.05) is 72.4 Å². The highest BCUT2D eigenvalue weighted by atomic mass is 79.9. The maximum absolute atomic E-state index is 12.6. The third-order valence-corrected chi connectivity index (χ3v) is 4.32. The summed E-state index contributed by atoms with van der Waals surface area (Å²) in [4.78, 5) is 24.8. The number of amides is 1. The van der Waals surface area contributed by atoms with Crippen molar-refractivity contribution in [1.29, 1.82) is 0 Å². The van der Waals surface area contributed by atoms with Gasteiger partial charge < -0.3 is 27.0 Å². The lowest BCUT2D eigenvalue weighted by molar-refractivity contribution is -0.683. The molecular formula is C23H23BrN2O3. The monoisotopic (exact) mass is 454 g/mol. The first kappa shape index (κ1) is 22.3. The molecular weight excluding hydrogens is 432 g/mol. The van der Waals surface area contributed by atoms with Gasteiger partial charge in [0.05, 0.1) is 17.9 Å². The molecule has 0 bridgehead atoms. The number of nitrogens with one attached hydrogen (secondary N) is 1. The number of benzene rings is 2. The maximum atomic E-state index is 12.6. The van der Waals surface area contributed by atoms with E-state index in [0.717, 1.165) is 16.7 Å². The third-order valence-electron chi connectivity index (χ3n) is 4.32. The van der Waals surface area contributed by atoms with Crippen LogP contribution in [0, 0.1) is 6.92 Å². The van der Waals surface area contributed by atoms with E-state index in [-0.39, 0.29) is 36.0 Å². The molecule has 0 fully saturated rings. The molecule has 29 heavy (non-hydrogen) atoms. The van der Waals surface area contributed by atoms with E-state index in [0.29, 0.717) is 11.3 Å². The van der Waals surface area contributed by atoms with Gasteiger partial charge in [0.25, 0.3) is 5.91 Å². The summed E-state index contributed by atoms with van der Waals surface area (Å²) in [5.74, 6) is -0.657. The molecule has 0 spiro atoms. The molecule has 150 valence electrons. The number of esters is 1. The van der Waals surface area contributed by atoms with Crippen LogP contribution >= 0.6 is 0 Å². The van der Waals surface area contributed by atoms with Gasteiger partial charge in [-0.2, -0.15) is 4.57 Å². The number of carbonyl (C=O) groups excluding carboxylic acids is 2. The van der Waals surface area contributed by atoms with Crippen LogP contribution in [0.25, 0.3) is 11.1 Å². The normalized spacial score (nSPS) is 10.0. The van der Waals surface area contributed by atoms with Gasteiger partial charge in [-0.1, -0.05) is 42.5 Å². The number of halogens is 1. The second-order valence-electron chi connectivity index (χ2n) is 6.40. The highest BCUT2D eigenvalue weighted by Crippen LogP contribution is 2.21. The van der Waals surface area contributed by atoms with Crippen molar-refractivity contribution in [3.63, 3.8) is 0 Å². The predicted molar refractivity (Wildman–Crippen MR) is 108 cm³/mol. The van der Waals surface area contributed by atoms with E-state index in [2.05, 4.69) is 5.32 Å². The van der Waals surface area contributed by atoms with E-state index in [4.69, 9.17) is 4.74 Å². The Bertz CT molecular complexity index is 990. The SMILES string of the molecule is CCOC(=O)c1cccc(C)c1NC(=O)C[n+]1cccc(-c2ccccc2)c1.[Br-]. The number of aromatic nitrogens is 1. The minimum absolute atomic E-state index is 0. The Balaban J connectivity index is 0.00000300. The fourth-order valence-corrected chi connectivity index (χ4v) is 2.98. The van der Waals surface area contributed by atoms with Crippen LogP contribution in [0.2, 0.25) is 0 Å². The van der Waals surface area contributed by atoms with Crippen molar-refractivity contribution < 1.29 is 35.9 Å². The Kier molecular flexibility index (Phi) is 8.09. The summed E-state index contributed by atoms with van der Waals surface area (Å²) in [7, 11) is 0. The number of para-hydroxylation sites is 1. The summed E-state index contributed by atoms with van der Waals surface area (Å²) in [5, 5.41) is 2.87. The number of rotatable bonds is 6. The standard InChI is InChI=1S/C23H22N2O3.BrH/c1-3-28-23(27)20-13-7-9-17(2)22(20)24-21(26)16-25-14-8-12-19(15-25)18-10-5-4-6-11-18;/h4-15H,3,16H2,1-2H3;1H. The van der Waals surface area contributed by atoms with Crippen LogP contribution in [-0.4, -0.2) is 18.5 Å². The molecule has 1 aromatic heterocycles. The molecule has 0 unspecified atom stereocenters. The van der Waals surface area contributed by atoms with Crippen LogP contribution < -0.4 is 26.9 Å². The van der Waals surface area contributed by atoms with Gasteiger partial charge in [-0.05, 0) is 37.1 Å². The van der Waals surface area contributed by atoms with Gasteiger partial charge in [-0.25, -0.2) is 4.79 Å². The van der Waals surface area contributed by atoms with Gasteiger partial charge in [0.15, 0.2) is 12.4 Å². The maximum Gasteiger partial charge on any atom is 0.340 e. The summed E-state index contributed by atoms with van der Waals surface area (Å²) in [6, 6.07) is 19.2. The number of aryl methyl sites for hydroxylation is 1. The molecule has 3 aromatic rings. The molecule has 1 heterocycles. The number of carbonyl (C=O) groups is 2. The van der Waals surface area contributed by atoms with Crippen molar-refractivity contribution in [2.45, 2.75) is 20.4 Å². The quantitative estimate of drug-likeness (QED) is 0.442. The smallest absolute Gasteiger partial charge is 0.340 e. The van der Waals surface area contributed by atoms with Crippen LogP contribution in [0.4, 0.5) is 5.69 Å². The summed E-state index contributed by atoms with van der Waals surface area (Å²) in [6.07, 6.45) is 3.77. The molecule has 0 saturated heterocycles. The van der Waals surface area contributed by atoms with E-state index >= 15 is 0 Å². The Morgan fingerprint density at radius 3 is 2.41 bits per heavy atom. The van der Waals surface area contributed by atoms with Crippen LogP contribution in [0.1, 0.15) is 22.8 Å². The molecule has 1 N–H and O–H groups in total. The predicted octanol–water partition coefficient (Wildman–Crippen LogP) is 0.769. The second-order valence-corrected chi connectivity index (χ2v) is 6.40. The largest absolute Gasteiger partial charge is 1.00 e. The van der Waals surface area contributed by atoms with Gasteiger partial charge >= 0.3 is 5.97 Å². The minimum Gasteiger partial charge on any atom is -1.00 e. The first-order valence-corrected chi connectivity index (χ1v) is 9.19. The lowest BCUT2D eigenvalue weighted by atomic mass is 10.1. The first-order valence-electron chi connectivity index (χ1n) is 9.19. The molecule has 0 atom stereocenters.